The molecule has 2 atom stereocenters. The minimum absolute atomic E-state index is 0.0549. The van der Waals surface area contributed by atoms with Crippen molar-refractivity contribution in [2.45, 2.75) is 25.0 Å². The van der Waals surface area contributed by atoms with Gasteiger partial charge in [0.1, 0.15) is 5.82 Å². The number of carbonyl (C=O) groups is 1. The van der Waals surface area contributed by atoms with Gasteiger partial charge in [-0.3, -0.25) is 4.79 Å². The Morgan fingerprint density at radius 3 is 2.68 bits per heavy atom. The molecule has 1 N–H and O–H groups in total. The minimum atomic E-state index is -0.280. The molecule has 1 aliphatic heterocycles. The molecule has 0 spiro atoms. The molecule has 0 unspecified atom stereocenters. The fourth-order valence-electron chi connectivity index (χ4n) is 3.10. The molecule has 2 aromatic rings. The number of hydrogen-bond acceptors (Lipinski definition) is 5. The molecule has 1 aromatic heterocycles. The number of anilines is 1. The van der Waals surface area contributed by atoms with Gasteiger partial charge in [-0.1, -0.05) is 12.1 Å². The van der Waals surface area contributed by atoms with E-state index in [-0.39, 0.29) is 23.8 Å². The highest BCUT2D eigenvalue weighted by atomic mass is 19.1. The van der Waals surface area contributed by atoms with Gasteiger partial charge in [0.05, 0.1) is 11.7 Å². The molecule has 6 nitrogen and oxygen atoms in total. The van der Waals surface area contributed by atoms with E-state index >= 15 is 0 Å². The average Bonchev–Trinajstić information content (AvgIpc) is 2.88. The third kappa shape index (κ3) is 3.76. The molecule has 1 aliphatic rings. The van der Waals surface area contributed by atoms with Gasteiger partial charge in [0.15, 0.2) is 0 Å². The van der Waals surface area contributed by atoms with Gasteiger partial charge < -0.3 is 15.1 Å². The number of likely N-dealkylation sites (tertiary alicyclic amines) is 1. The zero-order chi connectivity index (χ0) is 18.0. The summed E-state index contributed by atoms with van der Waals surface area (Å²) in [6.07, 6.45) is 2.13. The molecule has 0 saturated carbocycles. The normalized spacial score (nSPS) is 20.2. The summed E-state index contributed by atoms with van der Waals surface area (Å²) in [5.74, 6) is 0.440. The summed E-state index contributed by atoms with van der Waals surface area (Å²) in [4.78, 5) is 24.4. The van der Waals surface area contributed by atoms with E-state index in [1.165, 1.54) is 12.1 Å². The van der Waals surface area contributed by atoms with Crippen LogP contribution >= 0.6 is 0 Å². The van der Waals surface area contributed by atoms with Crippen molar-refractivity contribution >= 4 is 11.9 Å². The van der Waals surface area contributed by atoms with Crippen LogP contribution in [0.4, 0.5) is 10.3 Å². The van der Waals surface area contributed by atoms with Crippen LogP contribution in [0.3, 0.4) is 0 Å². The lowest BCUT2D eigenvalue weighted by atomic mass is 10.00. The molecule has 0 radical (unpaired) electrons. The van der Waals surface area contributed by atoms with E-state index in [9.17, 15) is 9.18 Å². The van der Waals surface area contributed by atoms with Gasteiger partial charge in [-0.05, 0) is 23.8 Å². The van der Waals surface area contributed by atoms with E-state index in [1.54, 1.807) is 30.3 Å². The number of amides is 1. The number of halogens is 1. The molecule has 1 amide bonds. The Bertz CT molecular complexity index is 749. The lowest BCUT2D eigenvalue weighted by molar-refractivity contribution is -0.127. The maximum atomic E-state index is 13.2. The zero-order valence-corrected chi connectivity index (χ0v) is 14.6. The Morgan fingerprint density at radius 1 is 1.28 bits per heavy atom. The number of carbonyl (C=O) groups excluding carboxylic acids is 1. The van der Waals surface area contributed by atoms with Gasteiger partial charge >= 0.3 is 0 Å². The number of rotatable bonds is 5. The summed E-state index contributed by atoms with van der Waals surface area (Å²) in [7, 11) is 5.57. The highest BCUT2D eigenvalue weighted by Gasteiger charge is 2.38. The molecule has 0 bridgehead atoms. The summed E-state index contributed by atoms with van der Waals surface area (Å²) < 4.78 is 13.2. The second kappa shape index (κ2) is 7.14. The number of likely N-dealkylation sites (N-methyl/N-ethyl adjacent to an activating group) is 1. The minimum Gasteiger partial charge on any atom is -0.347 e. The summed E-state index contributed by atoms with van der Waals surface area (Å²) in [6.45, 7) is 0.535. The van der Waals surface area contributed by atoms with Crippen LogP contribution in [0.1, 0.15) is 23.7 Å². The monoisotopic (exact) mass is 343 g/mol. The Kier molecular flexibility index (Phi) is 4.94. The van der Waals surface area contributed by atoms with Crippen LogP contribution in [-0.4, -0.2) is 48.0 Å². The number of nitrogens with zero attached hydrogens (tertiary/aromatic N) is 4. The molecule has 7 heteroatoms. The van der Waals surface area contributed by atoms with E-state index in [1.807, 2.05) is 25.1 Å². The number of nitrogens with one attached hydrogen (secondary N) is 1. The summed E-state index contributed by atoms with van der Waals surface area (Å²) in [5.41, 5.74) is 1.78. The topological polar surface area (TPSA) is 61.4 Å². The van der Waals surface area contributed by atoms with Crippen molar-refractivity contribution < 1.29 is 9.18 Å². The van der Waals surface area contributed by atoms with Crippen LogP contribution in [0.15, 0.2) is 36.5 Å². The van der Waals surface area contributed by atoms with E-state index < -0.39 is 0 Å². The predicted molar refractivity (Wildman–Crippen MR) is 93.5 cm³/mol. The lowest BCUT2D eigenvalue weighted by Crippen LogP contribution is -2.35. The van der Waals surface area contributed by atoms with Crippen molar-refractivity contribution in [2.75, 3.05) is 26.0 Å². The average molecular weight is 343 g/mol. The molecule has 25 heavy (non-hydrogen) atoms. The maximum absolute atomic E-state index is 13.2. The Balaban J connectivity index is 1.75. The molecular weight excluding hydrogens is 321 g/mol. The summed E-state index contributed by atoms with van der Waals surface area (Å²) >= 11 is 0. The first kappa shape index (κ1) is 17.3. The van der Waals surface area contributed by atoms with E-state index in [0.717, 1.165) is 11.3 Å². The largest absolute Gasteiger partial charge is 0.347 e. The number of benzene rings is 1. The van der Waals surface area contributed by atoms with Crippen LogP contribution in [0, 0.1) is 5.82 Å². The van der Waals surface area contributed by atoms with Crippen molar-refractivity contribution in [2.24, 2.45) is 0 Å². The van der Waals surface area contributed by atoms with Crippen LogP contribution in [0.2, 0.25) is 0 Å². The third-order valence-electron chi connectivity index (χ3n) is 4.44. The van der Waals surface area contributed by atoms with Gasteiger partial charge in [-0.2, -0.15) is 0 Å². The fourth-order valence-corrected chi connectivity index (χ4v) is 3.10. The van der Waals surface area contributed by atoms with Gasteiger partial charge in [0.25, 0.3) is 0 Å². The number of hydrogen-bond donors (Lipinski definition) is 1. The van der Waals surface area contributed by atoms with Crippen LogP contribution in [0.5, 0.6) is 0 Å². The van der Waals surface area contributed by atoms with E-state index in [0.29, 0.717) is 18.9 Å². The molecule has 1 saturated heterocycles. The SMILES string of the molecule is CN(C)c1nccc(CN[C@H]2CC(=O)N(C)[C@@H]2c2ccc(F)cc2)n1. The van der Waals surface area contributed by atoms with Crippen LogP contribution in [-0.2, 0) is 11.3 Å². The summed E-state index contributed by atoms with van der Waals surface area (Å²) in [5, 5.41) is 3.42. The molecule has 3 rings (SSSR count). The predicted octanol–water partition coefficient (Wildman–Crippen LogP) is 1.74. The van der Waals surface area contributed by atoms with Crippen molar-refractivity contribution in [3.63, 3.8) is 0 Å². The van der Waals surface area contributed by atoms with Crippen molar-refractivity contribution in [3.05, 3.63) is 53.6 Å². The van der Waals surface area contributed by atoms with Crippen molar-refractivity contribution in [1.29, 1.82) is 0 Å². The van der Waals surface area contributed by atoms with Crippen LogP contribution < -0.4 is 10.2 Å². The third-order valence-corrected chi connectivity index (χ3v) is 4.44. The lowest BCUT2D eigenvalue weighted by Gasteiger charge is -2.26. The first-order valence-electron chi connectivity index (χ1n) is 8.19. The molecule has 1 fully saturated rings. The van der Waals surface area contributed by atoms with Gasteiger partial charge in [0, 0.05) is 46.3 Å². The summed E-state index contributed by atoms with van der Waals surface area (Å²) in [6, 6.07) is 8.00. The zero-order valence-electron chi connectivity index (χ0n) is 14.6. The molecule has 0 aliphatic carbocycles. The molecular formula is C18H22FN5O. The quantitative estimate of drug-likeness (QED) is 0.896. The first-order chi connectivity index (χ1) is 12.0. The fraction of sp³-hybridized carbons (Fsp3) is 0.389. The highest BCUT2D eigenvalue weighted by molar-refractivity contribution is 5.80. The van der Waals surface area contributed by atoms with Crippen LogP contribution in [0.25, 0.3) is 0 Å². The second-order valence-electron chi connectivity index (χ2n) is 6.43. The van der Waals surface area contributed by atoms with E-state index in [2.05, 4.69) is 15.3 Å². The Hall–Kier alpha value is -2.54. The first-order valence-corrected chi connectivity index (χ1v) is 8.19. The Labute approximate surface area is 146 Å². The standard InChI is InChI=1S/C18H22FN5O/c1-23(2)18-20-9-8-14(22-18)11-21-15-10-16(25)24(3)17(15)12-4-6-13(19)7-5-12/h4-9,15,17,21H,10-11H2,1-3H3/t15-,17+/m0/s1. The van der Waals surface area contributed by atoms with Gasteiger partial charge in [0.2, 0.25) is 11.9 Å². The highest BCUT2D eigenvalue weighted by Crippen LogP contribution is 2.32. The smallest absolute Gasteiger partial charge is 0.225 e. The van der Waals surface area contributed by atoms with Gasteiger partial charge in [-0.25, -0.2) is 14.4 Å². The Morgan fingerprint density at radius 2 is 2.00 bits per heavy atom. The maximum Gasteiger partial charge on any atom is 0.225 e. The molecule has 1 aromatic carbocycles. The number of aromatic nitrogens is 2. The second-order valence-corrected chi connectivity index (χ2v) is 6.43. The van der Waals surface area contributed by atoms with Gasteiger partial charge in [-0.15, -0.1) is 0 Å². The molecule has 132 valence electrons. The van der Waals surface area contributed by atoms with Crippen molar-refractivity contribution in [1.82, 2.24) is 20.2 Å². The van der Waals surface area contributed by atoms with E-state index in [4.69, 9.17) is 0 Å². The van der Waals surface area contributed by atoms with Crippen molar-refractivity contribution in [3.8, 4) is 0 Å². The molecule has 2 heterocycles.